The molecule has 1 N–H and O–H groups in total. The molecule has 0 saturated heterocycles. The van der Waals surface area contributed by atoms with Gasteiger partial charge in [-0.1, -0.05) is 17.7 Å². The third-order valence-corrected chi connectivity index (χ3v) is 5.50. The fraction of sp³-hybridized carbons (Fsp3) is 0.235. The Labute approximate surface area is 165 Å². The van der Waals surface area contributed by atoms with Crippen LogP contribution in [0.4, 0.5) is 0 Å². The van der Waals surface area contributed by atoms with E-state index in [-0.39, 0.29) is 4.90 Å². The highest BCUT2D eigenvalue weighted by Crippen LogP contribution is 2.28. The molecule has 2 rings (SSSR count). The quantitative estimate of drug-likeness (QED) is 0.678. The van der Waals surface area contributed by atoms with Gasteiger partial charge in [-0.2, -0.15) is 0 Å². The van der Waals surface area contributed by atoms with E-state index in [0.717, 1.165) is 5.56 Å². The number of rotatable bonds is 7. The van der Waals surface area contributed by atoms with E-state index in [9.17, 15) is 13.2 Å². The van der Waals surface area contributed by atoms with Crippen molar-refractivity contribution in [3.8, 4) is 11.5 Å². The highest BCUT2D eigenvalue weighted by atomic mass is 79.9. The number of carbonyl (C=O) groups excluding carboxylic acids is 1. The molecule has 0 bridgehead atoms. The number of benzene rings is 2. The molecule has 0 saturated carbocycles. The van der Waals surface area contributed by atoms with Crippen molar-refractivity contribution in [2.24, 2.45) is 0 Å². The third-order valence-electron chi connectivity index (χ3n) is 3.27. The van der Waals surface area contributed by atoms with Crippen LogP contribution in [-0.4, -0.2) is 27.5 Å². The van der Waals surface area contributed by atoms with Crippen molar-refractivity contribution in [2.45, 2.75) is 18.7 Å². The molecule has 0 atom stereocenters. The Morgan fingerprint density at radius 3 is 2.54 bits per heavy atom. The van der Waals surface area contributed by atoms with Crippen LogP contribution in [0.25, 0.3) is 0 Å². The Bertz CT molecular complexity index is 917. The van der Waals surface area contributed by atoms with Crippen LogP contribution < -0.4 is 14.2 Å². The summed E-state index contributed by atoms with van der Waals surface area (Å²) in [6.07, 6.45) is 0. The standard InChI is InChI=1S/C17H17BrClNO5S/c1-3-24-15-7-6-13(9-14(15)18)26(22,23)20-17(21)10-25-16-8-12(19)5-4-11(16)2/h4-9H,3,10H2,1-2H3,(H,20,21). The summed E-state index contributed by atoms with van der Waals surface area (Å²) in [6, 6.07) is 9.22. The summed E-state index contributed by atoms with van der Waals surface area (Å²) >= 11 is 9.12. The molecule has 0 heterocycles. The van der Waals surface area contributed by atoms with Gasteiger partial charge in [0, 0.05) is 5.02 Å². The fourth-order valence-corrected chi connectivity index (χ4v) is 3.84. The van der Waals surface area contributed by atoms with Gasteiger partial charge in [-0.05, 0) is 65.7 Å². The van der Waals surface area contributed by atoms with Crippen LogP contribution in [0, 0.1) is 6.92 Å². The van der Waals surface area contributed by atoms with E-state index in [1.54, 1.807) is 25.1 Å². The van der Waals surface area contributed by atoms with Crippen molar-refractivity contribution in [1.82, 2.24) is 4.72 Å². The van der Waals surface area contributed by atoms with Crippen LogP contribution in [0.15, 0.2) is 45.8 Å². The lowest BCUT2D eigenvalue weighted by atomic mass is 10.2. The minimum atomic E-state index is -4.03. The molecule has 0 aliphatic heterocycles. The second-order valence-electron chi connectivity index (χ2n) is 5.25. The van der Waals surface area contributed by atoms with Crippen molar-refractivity contribution in [3.63, 3.8) is 0 Å². The maximum Gasteiger partial charge on any atom is 0.271 e. The number of ether oxygens (including phenoxy) is 2. The second-order valence-corrected chi connectivity index (χ2v) is 8.23. The molecule has 2 aromatic carbocycles. The molecular weight excluding hydrogens is 446 g/mol. The van der Waals surface area contributed by atoms with E-state index in [2.05, 4.69) is 15.9 Å². The first-order valence-corrected chi connectivity index (χ1v) is 10.3. The monoisotopic (exact) mass is 461 g/mol. The lowest BCUT2D eigenvalue weighted by Crippen LogP contribution is -2.34. The van der Waals surface area contributed by atoms with Crippen LogP contribution in [0.1, 0.15) is 12.5 Å². The highest BCUT2D eigenvalue weighted by Gasteiger charge is 2.19. The van der Waals surface area contributed by atoms with Gasteiger partial charge in [-0.15, -0.1) is 0 Å². The molecule has 1 amide bonds. The zero-order chi connectivity index (χ0) is 19.3. The zero-order valence-corrected chi connectivity index (χ0v) is 17.2. The lowest BCUT2D eigenvalue weighted by Gasteiger charge is -2.11. The molecule has 0 radical (unpaired) electrons. The number of hydrogen-bond acceptors (Lipinski definition) is 5. The van der Waals surface area contributed by atoms with E-state index >= 15 is 0 Å². The van der Waals surface area contributed by atoms with Crippen LogP contribution >= 0.6 is 27.5 Å². The van der Waals surface area contributed by atoms with Crippen LogP contribution in [-0.2, 0) is 14.8 Å². The maximum absolute atomic E-state index is 12.3. The number of carbonyl (C=O) groups is 1. The maximum atomic E-state index is 12.3. The summed E-state index contributed by atoms with van der Waals surface area (Å²) in [5.74, 6) is 0.126. The molecule has 0 unspecified atom stereocenters. The van der Waals surface area contributed by atoms with Crippen molar-refractivity contribution in [3.05, 3.63) is 51.5 Å². The molecular formula is C17H17BrClNO5S. The molecule has 6 nitrogen and oxygen atoms in total. The predicted octanol–water partition coefficient (Wildman–Crippen LogP) is 3.69. The molecule has 140 valence electrons. The Balaban J connectivity index is 2.05. The van der Waals surface area contributed by atoms with Crippen LogP contribution in [0.2, 0.25) is 5.02 Å². The number of aryl methyl sites for hydroxylation is 1. The van der Waals surface area contributed by atoms with Gasteiger partial charge in [0.25, 0.3) is 15.9 Å². The summed E-state index contributed by atoms with van der Waals surface area (Å²) in [5.41, 5.74) is 0.778. The first kappa shape index (κ1) is 20.5. The van der Waals surface area contributed by atoms with Gasteiger partial charge < -0.3 is 9.47 Å². The van der Waals surface area contributed by atoms with E-state index in [1.807, 2.05) is 11.6 Å². The first-order chi connectivity index (χ1) is 12.2. The second kappa shape index (κ2) is 8.75. The van der Waals surface area contributed by atoms with Gasteiger partial charge in [0.2, 0.25) is 0 Å². The molecule has 0 aromatic heterocycles. The number of amides is 1. The molecule has 0 aliphatic carbocycles. The average Bonchev–Trinajstić information content (AvgIpc) is 2.57. The first-order valence-electron chi connectivity index (χ1n) is 7.60. The highest BCUT2D eigenvalue weighted by molar-refractivity contribution is 9.10. The topological polar surface area (TPSA) is 81.7 Å². The van der Waals surface area contributed by atoms with Crippen LogP contribution in [0.5, 0.6) is 11.5 Å². The van der Waals surface area contributed by atoms with Crippen molar-refractivity contribution >= 4 is 43.5 Å². The lowest BCUT2D eigenvalue weighted by molar-refractivity contribution is -0.121. The van der Waals surface area contributed by atoms with Gasteiger partial charge in [0.1, 0.15) is 11.5 Å². The van der Waals surface area contributed by atoms with Gasteiger partial charge in [0.05, 0.1) is 16.0 Å². The zero-order valence-electron chi connectivity index (χ0n) is 14.1. The summed E-state index contributed by atoms with van der Waals surface area (Å²) in [5, 5.41) is 0.456. The van der Waals surface area contributed by atoms with Gasteiger partial charge >= 0.3 is 0 Å². The molecule has 9 heteroatoms. The van der Waals surface area contributed by atoms with E-state index in [0.29, 0.717) is 27.6 Å². The molecule has 26 heavy (non-hydrogen) atoms. The average molecular weight is 463 g/mol. The van der Waals surface area contributed by atoms with Gasteiger partial charge in [-0.3, -0.25) is 4.79 Å². The van der Waals surface area contributed by atoms with E-state index in [1.165, 1.54) is 18.2 Å². The Kier molecular flexibility index (Phi) is 6.91. The summed E-state index contributed by atoms with van der Waals surface area (Å²) in [4.78, 5) is 11.9. The van der Waals surface area contributed by atoms with E-state index in [4.69, 9.17) is 21.1 Å². The van der Waals surface area contributed by atoms with Gasteiger partial charge in [-0.25, -0.2) is 13.1 Å². The number of sulfonamides is 1. The summed E-state index contributed by atoms with van der Waals surface area (Å²) in [6.45, 7) is 3.59. The van der Waals surface area contributed by atoms with Crippen molar-refractivity contribution < 1.29 is 22.7 Å². The number of hydrogen-bond donors (Lipinski definition) is 1. The van der Waals surface area contributed by atoms with Crippen LogP contribution in [0.3, 0.4) is 0 Å². The Hall–Kier alpha value is -1.77. The Morgan fingerprint density at radius 1 is 1.15 bits per heavy atom. The largest absolute Gasteiger partial charge is 0.493 e. The fourth-order valence-electron chi connectivity index (χ4n) is 2.03. The normalized spacial score (nSPS) is 11.1. The third kappa shape index (κ3) is 5.36. The van der Waals surface area contributed by atoms with E-state index < -0.39 is 22.5 Å². The summed E-state index contributed by atoms with van der Waals surface area (Å²) in [7, 11) is -4.03. The smallest absolute Gasteiger partial charge is 0.271 e. The van der Waals surface area contributed by atoms with Crippen molar-refractivity contribution in [2.75, 3.05) is 13.2 Å². The number of nitrogens with one attached hydrogen (secondary N) is 1. The predicted molar refractivity (Wildman–Crippen MR) is 102 cm³/mol. The SMILES string of the molecule is CCOc1ccc(S(=O)(=O)NC(=O)COc2cc(Cl)ccc2C)cc1Br. The minimum absolute atomic E-state index is 0.0693. The summed E-state index contributed by atoms with van der Waals surface area (Å²) < 4.78 is 37.8. The molecule has 0 spiro atoms. The van der Waals surface area contributed by atoms with Gasteiger partial charge in [0.15, 0.2) is 6.61 Å². The number of halogens is 2. The Morgan fingerprint density at radius 2 is 1.88 bits per heavy atom. The minimum Gasteiger partial charge on any atom is -0.493 e. The molecule has 0 aliphatic rings. The van der Waals surface area contributed by atoms with Crippen molar-refractivity contribution in [1.29, 1.82) is 0 Å². The molecule has 2 aromatic rings. The molecule has 0 fully saturated rings.